The van der Waals surface area contributed by atoms with E-state index >= 15 is 0 Å². The zero-order valence-electron chi connectivity index (χ0n) is 17.1. The van der Waals surface area contributed by atoms with E-state index in [9.17, 15) is 13.2 Å². The normalized spacial score (nSPS) is 13.4. The van der Waals surface area contributed by atoms with Crippen molar-refractivity contribution in [3.63, 3.8) is 0 Å². The summed E-state index contributed by atoms with van der Waals surface area (Å²) in [5.74, 6) is 1.48. The van der Waals surface area contributed by atoms with E-state index in [4.69, 9.17) is 0 Å². The summed E-state index contributed by atoms with van der Waals surface area (Å²) in [6, 6.07) is 5.03. The van der Waals surface area contributed by atoms with E-state index in [1.165, 1.54) is 12.1 Å². The Kier molecular flexibility index (Phi) is 8.48. The van der Waals surface area contributed by atoms with Crippen LogP contribution >= 0.6 is 0 Å². The Morgan fingerprint density at radius 3 is 2.76 bits per heavy atom. The van der Waals surface area contributed by atoms with Crippen LogP contribution in [0.4, 0.5) is 13.2 Å². The van der Waals surface area contributed by atoms with Gasteiger partial charge in [0.15, 0.2) is 5.96 Å². The lowest BCUT2D eigenvalue weighted by molar-refractivity contribution is -0.137. The van der Waals surface area contributed by atoms with E-state index in [0.717, 1.165) is 31.2 Å². The first-order valence-electron chi connectivity index (χ1n) is 9.93. The van der Waals surface area contributed by atoms with Gasteiger partial charge < -0.3 is 15.2 Å². The zero-order chi connectivity index (χ0) is 21.3. The highest BCUT2D eigenvalue weighted by Gasteiger charge is 2.30. The highest BCUT2D eigenvalue weighted by Crippen LogP contribution is 2.30. The number of unbranched alkanes of at least 4 members (excludes halogenated alkanes) is 1. The predicted octanol–water partition coefficient (Wildman–Crippen LogP) is 3.96. The van der Waals surface area contributed by atoms with Gasteiger partial charge >= 0.3 is 6.18 Å². The Hall–Kier alpha value is -2.58. The van der Waals surface area contributed by atoms with Gasteiger partial charge in [0, 0.05) is 26.1 Å². The van der Waals surface area contributed by atoms with E-state index in [1.807, 2.05) is 18.4 Å². The molecule has 0 saturated heterocycles. The second-order valence-electron chi connectivity index (χ2n) is 6.79. The highest BCUT2D eigenvalue weighted by atomic mass is 19.4. The first-order chi connectivity index (χ1) is 13.8. The van der Waals surface area contributed by atoms with E-state index in [1.54, 1.807) is 12.4 Å². The number of halogens is 3. The van der Waals surface area contributed by atoms with Crippen LogP contribution in [0.3, 0.4) is 0 Å². The Morgan fingerprint density at radius 2 is 2.07 bits per heavy atom. The van der Waals surface area contributed by atoms with Crippen LogP contribution in [0.2, 0.25) is 0 Å². The molecule has 0 saturated carbocycles. The van der Waals surface area contributed by atoms with Crippen LogP contribution in [0.1, 0.15) is 56.6 Å². The molecule has 1 aromatic carbocycles. The molecule has 160 valence electrons. The van der Waals surface area contributed by atoms with Crippen LogP contribution in [-0.2, 0) is 19.1 Å². The number of nitrogens with one attached hydrogen (secondary N) is 2. The molecule has 0 aliphatic carbocycles. The third kappa shape index (κ3) is 7.07. The van der Waals surface area contributed by atoms with Crippen LogP contribution in [0.25, 0.3) is 0 Å². The van der Waals surface area contributed by atoms with Crippen molar-refractivity contribution in [1.82, 2.24) is 25.4 Å². The molecule has 0 amide bonds. The molecule has 6 nitrogen and oxygen atoms in total. The molecule has 9 heteroatoms. The number of rotatable bonds is 9. The molecule has 29 heavy (non-hydrogen) atoms. The maximum atomic E-state index is 13.0. The van der Waals surface area contributed by atoms with Crippen LogP contribution in [0.15, 0.2) is 35.6 Å². The Bertz CT molecular complexity index is 785. The fraction of sp³-hybridized carbons (Fsp3) is 0.550. The maximum absolute atomic E-state index is 13.0. The third-order valence-corrected chi connectivity index (χ3v) is 4.51. The van der Waals surface area contributed by atoms with Gasteiger partial charge in [0.2, 0.25) is 0 Å². The summed E-state index contributed by atoms with van der Waals surface area (Å²) in [4.78, 5) is 4.54. The monoisotopic (exact) mass is 410 g/mol. The number of alkyl halides is 3. The number of hydrogen-bond donors (Lipinski definition) is 2. The quantitative estimate of drug-likeness (QED) is 0.373. The zero-order valence-corrected chi connectivity index (χ0v) is 17.1. The van der Waals surface area contributed by atoms with Gasteiger partial charge in [0.25, 0.3) is 0 Å². The fourth-order valence-corrected chi connectivity index (χ4v) is 2.81. The Balaban J connectivity index is 2.02. The molecule has 2 N–H and O–H groups in total. The van der Waals surface area contributed by atoms with Crippen LogP contribution < -0.4 is 10.6 Å². The molecule has 0 aliphatic heterocycles. The highest BCUT2D eigenvalue weighted by molar-refractivity contribution is 5.80. The summed E-state index contributed by atoms with van der Waals surface area (Å²) in [6.45, 7) is 7.83. The first-order valence-corrected chi connectivity index (χ1v) is 9.93. The minimum Gasteiger partial charge on any atom is -0.355 e. The van der Waals surface area contributed by atoms with Gasteiger partial charge in [-0.25, -0.2) is 0 Å². The van der Waals surface area contributed by atoms with E-state index in [-0.39, 0.29) is 6.04 Å². The van der Waals surface area contributed by atoms with Crippen LogP contribution in [-0.4, -0.2) is 33.8 Å². The predicted molar refractivity (Wildman–Crippen MR) is 108 cm³/mol. The summed E-state index contributed by atoms with van der Waals surface area (Å²) in [5.41, 5.74) is -0.0994. The van der Waals surface area contributed by atoms with Crippen molar-refractivity contribution in [2.75, 3.05) is 13.1 Å². The molecular formula is C20H29F3N6. The van der Waals surface area contributed by atoms with Crippen molar-refractivity contribution >= 4 is 5.96 Å². The van der Waals surface area contributed by atoms with Gasteiger partial charge in [-0.2, -0.15) is 13.2 Å². The SMILES string of the molecule is CCCCN=C(NCCn1cnnc1CC)NC(C)c1cccc(C(F)(F)F)c1. The minimum absolute atomic E-state index is 0.328. The lowest BCUT2D eigenvalue weighted by Crippen LogP contribution is -2.40. The molecule has 0 radical (unpaired) electrons. The van der Waals surface area contributed by atoms with E-state index < -0.39 is 11.7 Å². The first kappa shape index (κ1) is 22.7. The maximum Gasteiger partial charge on any atom is 0.416 e. The van der Waals surface area contributed by atoms with Crippen molar-refractivity contribution in [3.05, 3.63) is 47.5 Å². The molecule has 1 unspecified atom stereocenters. The number of aromatic nitrogens is 3. The number of hydrogen-bond acceptors (Lipinski definition) is 3. The van der Waals surface area contributed by atoms with Crippen LogP contribution in [0, 0.1) is 0 Å². The average Bonchev–Trinajstić information content (AvgIpc) is 3.15. The molecule has 2 rings (SSSR count). The van der Waals surface area contributed by atoms with E-state index in [0.29, 0.717) is 31.2 Å². The van der Waals surface area contributed by atoms with Gasteiger partial charge in [-0.3, -0.25) is 4.99 Å². The topological polar surface area (TPSA) is 67.1 Å². The van der Waals surface area contributed by atoms with Crippen LogP contribution in [0.5, 0.6) is 0 Å². The van der Waals surface area contributed by atoms with E-state index in [2.05, 4.69) is 32.7 Å². The number of nitrogens with zero attached hydrogens (tertiary/aromatic N) is 4. The number of benzene rings is 1. The molecule has 0 bridgehead atoms. The van der Waals surface area contributed by atoms with Crippen molar-refractivity contribution in [2.45, 2.75) is 58.8 Å². The van der Waals surface area contributed by atoms with Gasteiger partial charge in [-0.05, 0) is 31.0 Å². The molecule has 2 aromatic rings. The summed E-state index contributed by atoms with van der Waals surface area (Å²) >= 11 is 0. The average molecular weight is 410 g/mol. The second kappa shape index (κ2) is 10.8. The molecule has 0 fully saturated rings. The lowest BCUT2D eigenvalue weighted by Gasteiger charge is -2.20. The fourth-order valence-electron chi connectivity index (χ4n) is 2.81. The van der Waals surface area contributed by atoms with Crippen molar-refractivity contribution in [2.24, 2.45) is 4.99 Å². The molecule has 0 aliphatic rings. The number of guanidine groups is 1. The molecule has 1 heterocycles. The Labute approximate surface area is 169 Å². The standard InChI is InChI=1S/C20H29F3N6/c1-4-6-10-24-19(25-11-12-29-14-26-28-18(29)5-2)27-15(3)16-8-7-9-17(13-16)20(21,22)23/h7-9,13-15H,4-6,10-12H2,1-3H3,(H2,24,25,27). The lowest BCUT2D eigenvalue weighted by atomic mass is 10.1. The largest absolute Gasteiger partial charge is 0.416 e. The summed E-state index contributed by atoms with van der Waals surface area (Å²) in [7, 11) is 0. The van der Waals surface area contributed by atoms with Gasteiger partial charge in [-0.15, -0.1) is 10.2 Å². The minimum atomic E-state index is -4.36. The summed E-state index contributed by atoms with van der Waals surface area (Å²) < 4.78 is 40.9. The summed E-state index contributed by atoms with van der Waals surface area (Å²) in [6.07, 6.45) is 0.0774. The van der Waals surface area contributed by atoms with Gasteiger partial charge in [0.1, 0.15) is 12.2 Å². The molecular weight excluding hydrogens is 381 g/mol. The summed E-state index contributed by atoms with van der Waals surface area (Å²) in [5, 5.41) is 14.4. The number of aryl methyl sites for hydroxylation is 1. The molecule has 0 spiro atoms. The van der Waals surface area contributed by atoms with Crippen molar-refractivity contribution in [3.8, 4) is 0 Å². The number of aliphatic imine (C=N–C) groups is 1. The Morgan fingerprint density at radius 1 is 1.28 bits per heavy atom. The van der Waals surface area contributed by atoms with Crippen molar-refractivity contribution in [1.29, 1.82) is 0 Å². The molecule has 1 aromatic heterocycles. The van der Waals surface area contributed by atoms with Gasteiger partial charge in [-0.1, -0.05) is 32.4 Å². The second-order valence-corrected chi connectivity index (χ2v) is 6.79. The third-order valence-electron chi connectivity index (χ3n) is 4.51. The van der Waals surface area contributed by atoms with Crippen molar-refractivity contribution < 1.29 is 13.2 Å². The van der Waals surface area contributed by atoms with Gasteiger partial charge in [0.05, 0.1) is 11.6 Å². The molecule has 1 atom stereocenters. The smallest absolute Gasteiger partial charge is 0.355 e.